The highest BCUT2D eigenvalue weighted by Crippen LogP contribution is 2.25. The number of nitrogens with zero attached hydrogens (tertiary/aromatic N) is 4. The molecule has 3 rings (SSSR count). The number of halogens is 1. The summed E-state index contributed by atoms with van der Waals surface area (Å²) in [4.78, 5) is 44.5. The predicted octanol–water partition coefficient (Wildman–Crippen LogP) is 2.75. The van der Waals surface area contributed by atoms with Crippen LogP contribution < -0.4 is 10.2 Å². The summed E-state index contributed by atoms with van der Waals surface area (Å²) in [5, 5.41) is 13.8. The van der Waals surface area contributed by atoms with Crippen LogP contribution in [0.2, 0.25) is 5.02 Å². The summed E-state index contributed by atoms with van der Waals surface area (Å²) in [5.74, 6) is -0.0216. The van der Waals surface area contributed by atoms with Crippen molar-refractivity contribution in [3.05, 3.63) is 63.3 Å². The Hall–Kier alpha value is -3.20. The van der Waals surface area contributed by atoms with E-state index >= 15 is 0 Å². The number of nitro groups is 1. The predicted molar refractivity (Wildman–Crippen MR) is 117 cm³/mol. The average molecular weight is 446 g/mol. The fourth-order valence-corrected chi connectivity index (χ4v) is 3.61. The van der Waals surface area contributed by atoms with Crippen LogP contribution in [0.3, 0.4) is 0 Å². The number of hydrogen-bond donors (Lipinski definition) is 1. The molecule has 1 aliphatic heterocycles. The minimum Gasteiger partial charge on any atom is -0.353 e. The molecule has 1 unspecified atom stereocenters. The van der Waals surface area contributed by atoms with Crippen molar-refractivity contribution in [1.82, 2.24) is 15.2 Å². The molecule has 0 spiro atoms. The lowest BCUT2D eigenvalue weighted by Gasteiger charge is -2.37. The maximum Gasteiger partial charge on any atom is 0.288 e. The molecule has 1 atom stereocenters. The molecule has 164 valence electrons. The summed E-state index contributed by atoms with van der Waals surface area (Å²) >= 11 is 5.82. The molecule has 1 aromatic carbocycles. The van der Waals surface area contributed by atoms with Crippen LogP contribution in [0, 0.1) is 16.0 Å². The zero-order chi connectivity index (χ0) is 22.5. The van der Waals surface area contributed by atoms with Gasteiger partial charge in [0.2, 0.25) is 5.91 Å². The smallest absolute Gasteiger partial charge is 0.288 e. The number of hydrogen-bond acceptors (Lipinski definition) is 6. The molecule has 2 aromatic rings. The molecule has 0 saturated carbocycles. The first kappa shape index (κ1) is 22.5. The SMILES string of the molecule is CC(C)C(NC(=O)c1ccc(Cl)c([N+](=O)[O-])c1)C(=O)N1CCN(c2ccccn2)CC1. The van der Waals surface area contributed by atoms with E-state index in [1.807, 2.05) is 32.0 Å². The third-order valence-corrected chi connectivity index (χ3v) is 5.51. The van der Waals surface area contributed by atoms with Gasteiger partial charge < -0.3 is 15.1 Å². The molecule has 1 saturated heterocycles. The van der Waals surface area contributed by atoms with Gasteiger partial charge in [0.25, 0.3) is 11.6 Å². The van der Waals surface area contributed by atoms with Crippen LogP contribution in [0.1, 0.15) is 24.2 Å². The van der Waals surface area contributed by atoms with E-state index in [2.05, 4.69) is 15.2 Å². The maximum absolute atomic E-state index is 13.1. The van der Waals surface area contributed by atoms with Crippen molar-refractivity contribution in [3.63, 3.8) is 0 Å². The minimum absolute atomic E-state index is 0.0520. The number of rotatable bonds is 6. The van der Waals surface area contributed by atoms with Crippen molar-refractivity contribution < 1.29 is 14.5 Å². The van der Waals surface area contributed by atoms with E-state index in [1.165, 1.54) is 12.1 Å². The van der Waals surface area contributed by atoms with Gasteiger partial charge in [0.1, 0.15) is 16.9 Å². The van der Waals surface area contributed by atoms with Crippen LogP contribution in [-0.4, -0.2) is 58.8 Å². The molecular weight excluding hydrogens is 422 g/mol. The first-order valence-electron chi connectivity index (χ1n) is 9.97. The molecular formula is C21H24ClN5O4. The lowest BCUT2D eigenvalue weighted by atomic mass is 10.0. The summed E-state index contributed by atoms with van der Waals surface area (Å²) in [5.41, 5.74) is -0.276. The van der Waals surface area contributed by atoms with Crippen LogP contribution >= 0.6 is 11.6 Å². The Morgan fingerprint density at radius 2 is 1.87 bits per heavy atom. The van der Waals surface area contributed by atoms with E-state index in [0.29, 0.717) is 26.2 Å². The van der Waals surface area contributed by atoms with E-state index in [1.54, 1.807) is 11.1 Å². The Morgan fingerprint density at radius 1 is 1.16 bits per heavy atom. The fourth-order valence-electron chi connectivity index (χ4n) is 3.43. The van der Waals surface area contributed by atoms with Crippen LogP contribution in [0.15, 0.2) is 42.6 Å². The second-order valence-electron chi connectivity index (χ2n) is 7.62. The quantitative estimate of drug-likeness (QED) is 0.541. The molecule has 0 radical (unpaired) electrons. The second kappa shape index (κ2) is 9.74. The van der Waals surface area contributed by atoms with Crippen molar-refractivity contribution in [2.75, 3.05) is 31.1 Å². The number of anilines is 1. The molecule has 10 heteroatoms. The number of carbonyl (C=O) groups excluding carboxylic acids is 2. The fraction of sp³-hybridized carbons (Fsp3) is 0.381. The number of benzene rings is 1. The van der Waals surface area contributed by atoms with Gasteiger partial charge in [-0.05, 0) is 30.2 Å². The van der Waals surface area contributed by atoms with Gasteiger partial charge in [-0.15, -0.1) is 0 Å². The number of pyridine rings is 1. The van der Waals surface area contributed by atoms with Gasteiger partial charge in [-0.2, -0.15) is 0 Å². The first-order chi connectivity index (χ1) is 14.8. The van der Waals surface area contributed by atoms with Crippen LogP contribution in [0.25, 0.3) is 0 Å². The van der Waals surface area contributed by atoms with Crippen molar-refractivity contribution in [2.45, 2.75) is 19.9 Å². The van der Waals surface area contributed by atoms with Gasteiger partial charge in [0.15, 0.2) is 0 Å². The normalized spacial score (nSPS) is 15.0. The zero-order valence-corrected chi connectivity index (χ0v) is 18.1. The monoisotopic (exact) mass is 445 g/mol. The van der Waals surface area contributed by atoms with Gasteiger partial charge in [-0.25, -0.2) is 4.98 Å². The number of nitrogens with one attached hydrogen (secondary N) is 1. The number of piperazine rings is 1. The molecule has 31 heavy (non-hydrogen) atoms. The molecule has 2 heterocycles. The summed E-state index contributed by atoms with van der Waals surface area (Å²) < 4.78 is 0. The number of amides is 2. The molecule has 0 bridgehead atoms. The standard InChI is InChI=1S/C21H24ClN5O4/c1-14(2)19(24-20(28)15-6-7-16(22)17(13-15)27(30)31)21(29)26-11-9-25(10-12-26)18-5-3-4-8-23-18/h3-8,13-14,19H,9-12H2,1-2H3,(H,24,28). The summed E-state index contributed by atoms with van der Waals surface area (Å²) in [6.45, 7) is 6.01. The highest BCUT2D eigenvalue weighted by Gasteiger charge is 2.31. The zero-order valence-electron chi connectivity index (χ0n) is 17.3. The van der Waals surface area contributed by atoms with Crippen LogP contribution in [0.5, 0.6) is 0 Å². The molecule has 9 nitrogen and oxygen atoms in total. The van der Waals surface area contributed by atoms with E-state index in [9.17, 15) is 19.7 Å². The lowest BCUT2D eigenvalue weighted by molar-refractivity contribution is -0.384. The van der Waals surface area contributed by atoms with Gasteiger partial charge in [0.05, 0.1) is 4.92 Å². The molecule has 1 fully saturated rings. The van der Waals surface area contributed by atoms with Crippen LogP contribution in [0.4, 0.5) is 11.5 Å². The van der Waals surface area contributed by atoms with Crippen molar-refractivity contribution in [2.24, 2.45) is 5.92 Å². The third kappa shape index (κ3) is 5.29. The van der Waals surface area contributed by atoms with E-state index in [4.69, 9.17) is 11.6 Å². The Morgan fingerprint density at radius 3 is 2.45 bits per heavy atom. The molecule has 1 N–H and O–H groups in total. The topological polar surface area (TPSA) is 109 Å². The van der Waals surface area contributed by atoms with Gasteiger partial charge >= 0.3 is 0 Å². The summed E-state index contributed by atoms with van der Waals surface area (Å²) in [7, 11) is 0. The first-order valence-corrected chi connectivity index (χ1v) is 10.3. The average Bonchev–Trinajstić information content (AvgIpc) is 2.77. The molecule has 2 amide bonds. The third-order valence-electron chi connectivity index (χ3n) is 5.19. The van der Waals surface area contributed by atoms with Gasteiger partial charge in [-0.3, -0.25) is 19.7 Å². The van der Waals surface area contributed by atoms with E-state index < -0.39 is 16.9 Å². The highest BCUT2D eigenvalue weighted by atomic mass is 35.5. The number of nitro benzene ring substituents is 1. The minimum atomic E-state index is -0.747. The Labute approximate surface area is 185 Å². The van der Waals surface area contributed by atoms with Gasteiger partial charge in [-0.1, -0.05) is 31.5 Å². The van der Waals surface area contributed by atoms with Crippen molar-refractivity contribution in [3.8, 4) is 0 Å². The molecule has 0 aliphatic carbocycles. The Kier molecular flexibility index (Phi) is 7.06. The number of aromatic nitrogens is 1. The molecule has 1 aliphatic rings. The summed E-state index contributed by atoms with van der Waals surface area (Å²) in [6, 6.07) is 8.78. The Bertz CT molecular complexity index is 961. The Balaban J connectivity index is 1.67. The van der Waals surface area contributed by atoms with E-state index in [-0.39, 0.29) is 28.1 Å². The van der Waals surface area contributed by atoms with Crippen molar-refractivity contribution >= 4 is 34.9 Å². The maximum atomic E-state index is 13.1. The lowest BCUT2D eigenvalue weighted by Crippen LogP contribution is -2.56. The van der Waals surface area contributed by atoms with Crippen LogP contribution in [-0.2, 0) is 4.79 Å². The molecule has 1 aromatic heterocycles. The number of carbonyl (C=O) groups is 2. The largest absolute Gasteiger partial charge is 0.353 e. The highest BCUT2D eigenvalue weighted by molar-refractivity contribution is 6.32. The van der Waals surface area contributed by atoms with Gasteiger partial charge in [0, 0.05) is 44.0 Å². The van der Waals surface area contributed by atoms with E-state index in [0.717, 1.165) is 11.9 Å². The van der Waals surface area contributed by atoms with Crippen molar-refractivity contribution in [1.29, 1.82) is 0 Å². The summed E-state index contributed by atoms with van der Waals surface area (Å²) in [6.07, 6.45) is 1.73. The second-order valence-corrected chi connectivity index (χ2v) is 8.03.